The topological polar surface area (TPSA) is 111 Å². The normalized spacial score (nSPS) is 20.8. The van der Waals surface area contributed by atoms with Gasteiger partial charge < -0.3 is 10.0 Å². The Kier molecular flexibility index (Phi) is 4.34. The van der Waals surface area contributed by atoms with Gasteiger partial charge in [-0.3, -0.25) is 4.79 Å². The molecule has 1 N–H and O–H groups in total. The summed E-state index contributed by atoms with van der Waals surface area (Å²) < 4.78 is 23.4. The highest BCUT2D eigenvalue weighted by Gasteiger charge is 2.34. The molecule has 2 heterocycles. The first-order valence-electron chi connectivity index (χ1n) is 6.07. The van der Waals surface area contributed by atoms with Crippen molar-refractivity contribution in [3.05, 3.63) is 22.8 Å². The molecule has 0 spiro atoms. The zero-order valence-electron chi connectivity index (χ0n) is 10.9. The molecule has 0 amide bonds. The maximum Gasteiger partial charge on any atom is 0.305 e. The van der Waals surface area contributed by atoms with Gasteiger partial charge in [-0.05, 0) is 6.07 Å². The van der Waals surface area contributed by atoms with Gasteiger partial charge in [0, 0.05) is 12.7 Å². The van der Waals surface area contributed by atoms with E-state index in [1.54, 1.807) is 4.90 Å². The van der Waals surface area contributed by atoms with Gasteiger partial charge in [-0.1, -0.05) is 11.6 Å². The molecular formula is C12H12ClN3O4S. The first kappa shape index (κ1) is 15.5. The number of carboxylic acid groups (broad SMARTS) is 1. The van der Waals surface area contributed by atoms with Crippen LogP contribution in [-0.4, -0.2) is 48.6 Å². The van der Waals surface area contributed by atoms with Crippen LogP contribution >= 0.6 is 11.6 Å². The van der Waals surface area contributed by atoms with Gasteiger partial charge in [-0.2, -0.15) is 5.26 Å². The molecule has 0 aromatic carbocycles. The van der Waals surface area contributed by atoms with Crippen LogP contribution in [0.4, 0.5) is 5.82 Å². The number of carbonyl (C=O) groups is 1. The first-order chi connectivity index (χ1) is 9.84. The van der Waals surface area contributed by atoms with Crippen molar-refractivity contribution in [3.8, 4) is 6.07 Å². The van der Waals surface area contributed by atoms with Gasteiger partial charge in [0.05, 0.1) is 29.5 Å². The largest absolute Gasteiger partial charge is 0.481 e. The Morgan fingerprint density at radius 3 is 2.95 bits per heavy atom. The lowest BCUT2D eigenvalue weighted by Gasteiger charge is -2.36. The number of aromatic nitrogens is 1. The van der Waals surface area contributed by atoms with Crippen LogP contribution in [0.2, 0.25) is 5.02 Å². The van der Waals surface area contributed by atoms with Crippen molar-refractivity contribution < 1.29 is 18.3 Å². The van der Waals surface area contributed by atoms with Gasteiger partial charge in [0.25, 0.3) is 0 Å². The predicted molar refractivity (Wildman–Crippen MR) is 76.0 cm³/mol. The van der Waals surface area contributed by atoms with Crippen molar-refractivity contribution in [1.29, 1.82) is 5.26 Å². The maximum atomic E-state index is 11.7. The average Bonchev–Trinajstić information content (AvgIpc) is 2.38. The van der Waals surface area contributed by atoms with E-state index in [4.69, 9.17) is 22.0 Å². The second-order valence-electron chi connectivity index (χ2n) is 4.67. The minimum atomic E-state index is -3.29. The highest BCUT2D eigenvalue weighted by molar-refractivity contribution is 7.91. The van der Waals surface area contributed by atoms with Crippen LogP contribution in [-0.2, 0) is 14.6 Å². The van der Waals surface area contributed by atoms with Crippen LogP contribution in [0.3, 0.4) is 0 Å². The fourth-order valence-electron chi connectivity index (χ4n) is 2.26. The monoisotopic (exact) mass is 329 g/mol. The number of sulfone groups is 1. The molecule has 9 heteroatoms. The third-order valence-electron chi connectivity index (χ3n) is 3.20. The Labute approximate surface area is 126 Å². The zero-order chi connectivity index (χ0) is 15.6. The van der Waals surface area contributed by atoms with E-state index in [2.05, 4.69) is 4.98 Å². The molecule has 0 saturated carbocycles. The molecule has 21 heavy (non-hydrogen) atoms. The number of pyridine rings is 1. The molecule has 1 aliphatic heterocycles. The van der Waals surface area contributed by atoms with Gasteiger partial charge in [-0.25, -0.2) is 13.4 Å². The fraction of sp³-hybridized carbons (Fsp3) is 0.417. The molecule has 0 aliphatic carbocycles. The molecular weight excluding hydrogens is 318 g/mol. The number of halogens is 1. The predicted octanol–water partition coefficient (Wildman–Crippen LogP) is 0.685. The summed E-state index contributed by atoms with van der Waals surface area (Å²) in [6.07, 6.45) is 1.05. The zero-order valence-corrected chi connectivity index (χ0v) is 12.4. The third-order valence-corrected chi connectivity index (χ3v) is 5.27. The Balaban J connectivity index is 2.41. The van der Waals surface area contributed by atoms with Crippen LogP contribution in [0.15, 0.2) is 12.3 Å². The standard InChI is InChI=1S/C12H12ClN3O4S/c13-11-8(6-14)1-2-15-12(11)16-3-4-21(19,20)7-9(16)5-10(17)18/h1-2,9H,3-5,7H2,(H,17,18). The number of nitriles is 1. The van der Waals surface area contributed by atoms with Crippen molar-refractivity contribution in [2.24, 2.45) is 0 Å². The molecule has 112 valence electrons. The van der Waals surface area contributed by atoms with Crippen LogP contribution in [0.5, 0.6) is 0 Å². The lowest BCUT2D eigenvalue weighted by Crippen LogP contribution is -2.50. The first-order valence-corrected chi connectivity index (χ1v) is 8.27. The summed E-state index contributed by atoms with van der Waals surface area (Å²) in [4.78, 5) is 16.6. The molecule has 0 bridgehead atoms. The lowest BCUT2D eigenvalue weighted by atomic mass is 10.2. The van der Waals surface area contributed by atoms with Crippen molar-refractivity contribution in [2.75, 3.05) is 23.0 Å². The molecule has 1 fully saturated rings. The number of anilines is 1. The molecule has 7 nitrogen and oxygen atoms in total. The summed E-state index contributed by atoms with van der Waals surface area (Å²) >= 11 is 6.09. The van der Waals surface area contributed by atoms with Crippen LogP contribution < -0.4 is 4.90 Å². The Hall–Kier alpha value is -1.85. The van der Waals surface area contributed by atoms with Crippen molar-refractivity contribution in [1.82, 2.24) is 4.98 Å². The van der Waals surface area contributed by atoms with Gasteiger partial charge in [0.2, 0.25) is 0 Å². The van der Waals surface area contributed by atoms with Gasteiger partial charge in [0.15, 0.2) is 9.84 Å². The highest BCUT2D eigenvalue weighted by atomic mass is 35.5. The molecule has 1 aromatic rings. The van der Waals surface area contributed by atoms with E-state index >= 15 is 0 Å². The van der Waals surface area contributed by atoms with E-state index in [9.17, 15) is 13.2 Å². The quantitative estimate of drug-likeness (QED) is 0.868. The summed E-state index contributed by atoms with van der Waals surface area (Å²) in [5.41, 5.74) is 0.212. The summed E-state index contributed by atoms with van der Waals surface area (Å²) in [6, 6.07) is 2.61. The number of rotatable bonds is 3. The highest BCUT2D eigenvalue weighted by Crippen LogP contribution is 2.30. The molecule has 1 unspecified atom stereocenters. The summed E-state index contributed by atoms with van der Waals surface area (Å²) in [5, 5.41) is 18.0. The molecule has 1 saturated heterocycles. The molecule has 1 aromatic heterocycles. The van der Waals surface area contributed by atoms with E-state index in [1.165, 1.54) is 12.3 Å². The summed E-state index contributed by atoms with van der Waals surface area (Å²) in [5.74, 6) is -1.22. The lowest BCUT2D eigenvalue weighted by molar-refractivity contribution is -0.137. The number of carboxylic acids is 1. The number of nitrogens with zero attached hydrogens (tertiary/aromatic N) is 3. The minimum absolute atomic E-state index is 0.0991. The maximum absolute atomic E-state index is 11.7. The van der Waals surface area contributed by atoms with Crippen molar-refractivity contribution in [2.45, 2.75) is 12.5 Å². The van der Waals surface area contributed by atoms with E-state index in [0.717, 1.165) is 0 Å². The number of hydrogen-bond donors (Lipinski definition) is 1. The van der Waals surface area contributed by atoms with Crippen LogP contribution in [0, 0.1) is 11.3 Å². The second-order valence-corrected chi connectivity index (χ2v) is 7.27. The number of hydrogen-bond acceptors (Lipinski definition) is 6. The molecule has 2 rings (SSSR count). The SMILES string of the molecule is N#Cc1ccnc(N2CCS(=O)(=O)CC2CC(=O)O)c1Cl. The summed E-state index contributed by atoms with van der Waals surface area (Å²) in [7, 11) is -3.29. The van der Waals surface area contributed by atoms with E-state index in [-0.39, 0.29) is 40.9 Å². The van der Waals surface area contributed by atoms with E-state index in [1.807, 2.05) is 6.07 Å². The van der Waals surface area contributed by atoms with Crippen molar-refractivity contribution >= 4 is 33.2 Å². The van der Waals surface area contributed by atoms with E-state index < -0.39 is 21.8 Å². The molecule has 1 aliphatic rings. The average molecular weight is 330 g/mol. The summed E-state index contributed by atoms with van der Waals surface area (Å²) in [6.45, 7) is 0.0991. The van der Waals surface area contributed by atoms with Gasteiger partial charge in [-0.15, -0.1) is 0 Å². The number of aliphatic carboxylic acids is 1. The second kappa shape index (κ2) is 5.87. The molecule has 0 radical (unpaired) electrons. The Morgan fingerprint density at radius 2 is 2.33 bits per heavy atom. The van der Waals surface area contributed by atoms with Gasteiger partial charge >= 0.3 is 5.97 Å². The third kappa shape index (κ3) is 3.43. The minimum Gasteiger partial charge on any atom is -0.481 e. The smallest absolute Gasteiger partial charge is 0.305 e. The fourth-order valence-corrected chi connectivity index (χ4v) is 4.04. The molecule has 1 atom stereocenters. The Bertz CT molecular complexity index is 714. The van der Waals surface area contributed by atoms with E-state index in [0.29, 0.717) is 0 Å². The van der Waals surface area contributed by atoms with Crippen molar-refractivity contribution in [3.63, 3.8) is 0 Å². The van der Waals surface area contributed by atoms with Crippen LogP contribution in [0.25, 0.3) is 0 Å². The van der Waals surface area contributed by atoms with Gasteiger partial charge in [0.1, 0.15) is 16.9 Å². The Morgan fingerprint density at radius 1 is 1.62 bits per heavy atom. The van der Waals surface area contributed by atoms with Crippen LogP contribution in [0.1, 0.15) is 12.0 Å².